The van der Waals surface area contributed by atoms with Crippen LogP contribution in [0.4, 0.5) is 10.2 Å². The Bertz CT molecular complexity index is 1510. The molecule has 3 aromatic rings. The summed E-state index contributed by atoms with van der Waals surface area (Å²) in [5, 5.41) is 3.55. The van der Waals surface area contributed by atoms with Gasteiger partial charge in [-0.05, 0) is 102 Å². The fraction of sp³-hybridized carbons (Fsp3) is 0.394. The molecule has 0 amide bonds. The lowest BCUT2D eigenvalue weighted by atomic mass is 10.0. The molecule has 0 unspecified atom stereocenters. The number of hydrogen-bond acceptors (Lipinski definition) is 4. The summed E-state index contributed by atoms with van der Waals surface area (Å²) >= 11 is 6.61. The van der Waals surface area contributed by atoms with Crippen molar-refractivity contribution in [3.8, 4) is 22.3 Å². The van der Waals surface area contributed by atoms with Crippen LogP contribution < -0.4 is 10.9 Å². The largest absolute Gasteiger partial charge is 0.310 e. The Morgan fingerprint density at radius 1 is 1.07 bits per heavy atom. The fourth-order valence-electron chi connectivity index (χ4n) is 4.69. The topological polar surface area (TPSA) is 74.9 Å². The van der Waals surface area contributed by atoms with Gasteiger partial charge in [-0.1, -0.05) is 43.7 Å². The summed E-state index contributed by atoms with van der Waals surface area (Å²) in [6.45, 7) is 13.7. The number of aryl methyl sites for hydroxylation is 1. The van der Waals surface area contributed by atoms with Crippen LogP contribution in [0, 0.1) is 12.9 Å². The van der Waals surface area contributed by atoms with Gasteiger partial charge in [-0.2, -0.15) is 4.39 Å². The minimum atomic E-state index is -0.560. The second-order valence-electron chi connectivity index (χ2n) is 10.0. The number of unbranched alkanes of at least 4 members (excludes halogenated alkanes) is 2. The standard InChI is InChI=1S/C33H42ClFN6O/c1-7-40(8-2)21-13-11-10-12-14-23(4)38-33(36-6)39-30-20-19-28(32(42)41(30)9-3)27-18-16-25(22-29(27)34)26-17-15-24(5)37-31(26)35/h12,14-20,22H,7-11,13,21H2,1-6H3,(H,36,39)/b14-12-,38-23?. The van der Waals surface area contributed by atoms with E-state index in [2.05, 4.69) is 45.1 Å². The van der Waals surface area contributed by atoms with E-state index in [0.29, 0.717) is 51.3 Å². The minimum absolute atomic E-state index is 0.207. The molecule has 0 fully saturated rings. The average molecular weight is 593 g/mol. The molecule has 0 saturated carbocycles. The summed E-state index contributed by atoms with van der Waals surface area (Å²) in [7, 11) is 1.66. The highest BCUT2D eigenvalue weighted by Crippen LogP contribution is 2.32. The van der Waals surface area contributed by atoms with Gasteiger partial charge in [0.15, 0.2) is 0 Å². The second-order valence-corrected chi connectivity index (χ2v) is 10.4. The van der Waals surface area contributed by atoms with Crippen LogP contribution in [-0.2, 0) is 6.54 Å². The average Bonchev–Trinajstić information content (AvgIpc) is 2.97. The van der Waals surface area contributed by atoms with E-state index in [0.717, 1.165) is 38.2 Å². The third-order valence-electron chi connectivity index (χ3n) is 7.13. The SMILES string of the molecule is CCN(CC)CCCC/C=C\C(C)=NC(=NC)Nc1ccc(-c2ccc(-c3ccc(C)nc3F)cc2Cl)c(=O)n1CC. The van der Waals surface area contributed by atoms with E-state index in [1.165, 1.54) is 6.42 Å². The molecular formula is C33H42ClFN6O. The molecule has 0 saturated heterocycles. The van der Waals surface area contributed by atoms with E-state index >= 15 is 0 Å². The van der Waals surface area contributed by atoms with E-state index in [4.69, 9.17) is 11.6 Å². The van der Waals surface area contributed by atoms with Gasteiger partial charge in [0.05, 0.1) is 0 Å². The molecule has 0 aliphatic rings. The lowest BCUT2D eigenvalue weighted by Gasteiger charge is -2.17. The summed E-state index contributed by atoms with van der Waals surface area (Å²) in [5.41, 5.74) is 3.17. The molecule has 0 aliphatic heterocycles. The zero-order valence-electron chi connectivity index (χ0n) is 25.5. The van der Waals surface area contributed by atoms with Crippen LogP contribution in [0.25, 0.3) is 22.3 Å². The molecule has 0 atom stereocenters. The molecule has 3 rings (SSSR count). The third-order valence-corrected chi connectivity index (χ3v) is 7.44. The van der Waals surface area contributed by atoms with Gasteiger partial charge in [0.1, 0.15) is 5.82 Å². The van der Waals surface area contributed by atoms with Crippen LogP contribution >= 0.6 is 11.6 Å². The molecule has 224 valence electrons. The van der Waals surface area contributed by atoms with Crippen LogP contribution in [0.1, 0.15) is 52.7 Å². The number of nitrogens with one attached hydrogen (secondary N) is 1. The number of pyridine rings is 2. The number of aliphatic imine (C=N–C) groups is 2. The van der Waals surface area contributed by atoms with Crippen LogP contribution in [0.2, 0.25) is 5.02 Å². The van der Waals surface area contributed by atoms with Gasteiger partial charge in [-0.15, -0.1) is 0 Å². The number of hydrogen-bond donors (Lipinski definition) is 1. The van der Waals surface area contributed by atoms with Crippen molar-refractivity contribution in [2.75, 3.05) is 32.0 Å². The molecule has 9 heteroatoms. The predicted molar refractivity (Wildman–Crippen MR) is 176 cm³/mol. The number of guanidine groups is 1. The van der Waals surface area contributed by atoms with Crippen molar-refractivity contribution in [2.45, 2.75) is 60.4 Å². The normalized spacial score (nSPS) is 12.5. The first-order valence-corrected chi connectivity index (χ1v) is 14.9. The first-order chi connectivity index (χ1) is 20.2. The number of benzene rings is 1. The minimum Gasteiger partial charge on any atom is -0.310 e. The Morgan fingerprint density at radius 3 is 2.43 bits per heavy atom. The van der Waals surface area contributed by atoms with Crippen molar-refractivity contribution in [3.63, 3.8) is 0 Å². The van der Waals surface area contributed by atoms with Gasteiger partial charge >= 0.3 is 0 Å². The summed E-state index contributed by atoms with van der Waals surface area (Å²) < 4.78 is 16.0. The maximum Gasteiger partial charge on any atom is 0.260 e. The Labute approximate surface area is 253 Å². The van der Waals surface area contributed by atoms with Crippen molar-refractivity contribution in [3.05, 3.63) is 81.6 Å². The van der Waals surface area contributed by atoms with Gasteiger partial charge in [0, 0.05) is 46.7 Å². The van der Waals surface area contributed by atoms with Crippen LogP contribution in [0.5, 0.6) is 0 Å². The molecule has 7 nitrogen and oxygen atoms in total. The van der Waals surface area contributed by atoms with Gasteiger partial charge in [0.2, 0.25) is 11.9 Å². The van der Waals surface area contributed by atoms with Crippen LogP contribution in [0.15, 0.2) is 69.4 Å². The number of anilines is 1. The zero-order chi connectivity index (χ0) is 30.6. The Morgan fingerprint density at radius 2 is 1.79 bits per heavy atom. The quantitative estimate of drug-likeness (QED) is 0.102. The van der Waals surface area contributed by atoms with Crippen molar-refractivity contribution in [1.82, 2.24) is 14.5 Å². The monoisotopic (exact) mass is 592 g/mol. The molecule has 0 aliphatic carbocycles. The van der Waals surface area contributed by atoms with E-state index in [1.54, 1.807) is 54.9 Å². The lowest BCUT2D eigenvalue weighted by Crippen LogP contribution is -2.26. The van der Waals surface area contributed by atoms with Crippen molar-refractivity contribution < 1.29 is 4.39 Å². The van der Waals surface area contributed by atoms with Crippen molar-refractivity contribution in [1.29, 1.82) is 0 Å². The smallest absolute Gasteiger partial charge is 0.260 e. The lowest BCUT2D eigenvalue weighted by molar-refractivity contribution is 0.297. The predicted octanol–water partition coefficient (Wildman–Crippen LogP) is 7.63. The highest BCUT2D eigenvalue weighted by atomic mass is 35.5. The van der Waals surface area contributed by atoms with Crippen molar-refractivity contribution >= 4 is 29.1 Å². The van der Waals surface area contributed by atoms with Gasteiger partial charge in [-0.25, -0.2) is 9.98 Å². The third kappa shape index (κ3) is 8.69. The van der Waals surface area contributed by atoms with Gasteiger partial charge in [0.25, 0.3) is 5.56 Å². The van der Waals surface area contributed by atoms with Crippen molar-refractivity contribution in [2.24, 2.45) is 9.98 Å². The maximum atomic E-state index is 14.4. The molecule has 42 heavy (non-hydrogen) atoms. The highest BCUT2D eigenvalue weighted by molar-refractivity contribution is 6.33. The highest BCUT2D eigenvalue weighted by Gasteiger charge is 2.15. The molecule has 0 bridgehead atoms. The Balaban J connectivity index is 1.75. The van der Waals surface area contributed by atoms with E-state index in [9.17, 15) is 9.18 Å². The first kappa shape index (κ1) is 32.9. The maximum absolute atomic E-state index is 14.4. The van der Waals surface area contributed by atoms with E-state index in [1.807, 2.05) is 26.0 Å². The van der Waals surface area contributed by atoms with E-state index in [-0.39, 0.29) is 5.56 Å². The number of allylic oxidation sites excluding steroid dienone is 2. The molecule has 2 aromatic heterocycles. The van der Waals surface area contributed by atoms with Gasteiger partial charge in [-0.3, -0.25) is 14.4 Å². The number of halogens is 2. The summed E-state index contributed by atoms with van der Waals surface area (Å²) in [6.07, 6.45) is 7.45. The number of rotatable bonds is 12. The molecule has 0 spiro atoms. The Kier molecular flexibility index (Phi) is 12.6. The van der Waals surface area contributed by atoms with E-state index < -0.39 is 5.95 Å². The van der Waals surface area contributed by atoms with Crippen LogP contribution in [0.3, 0.4) is 0 Å². The first-order valence-electron chi connectivity index (χ1n) is 14.6. The zero-order valence-corrected chi connectivity index (χ0v) is 26.3. The van der Waals surface area contributed by atoms with Crippen LogP contribution in [-0.4, -0.2) is 52.8 Å². The molecule has 2 heterocycles. The molecule has 1 aromatic carbocycles. The fourth-order valence-corrected chi connectivity index (χ4v) is 4.97. The molecular weight excluding hydrogens is 551 g/mol. The summed E-state index contributed by atoms with van der Waals surface area (Å²) in [4.78, 5) is 28.7. The second kappa shape index (κ2) is 16.1. The van der Waals surface area contributed by atoms with Gasteiger partial charge < -0.3 is 10.2 Å². The number of nitrogens with zero attached hydrogens (tertiary/aromatic N) is 5. The molecule has 1 N–H and O–H groups in total. The number of aromatic nitrogens is 2. The summed E-state index contributed by atoms with van der Waals surface area (Å²) in [6, 6.07) is 12.1. The summed E-state index contributed by atoms with van der Waals surface area (Å²) in [5.74, 6) is 0.420. The Hall–Kier alpha value is -3.62. The molecule has 0 radical (unpaired) electrons.